The molecule has 0 saturated heterocycles. The van der Waals surface area contributed by atoms with Crippen LogP contribution in [0.1, 0.15) is 60.3 Å². The van der Waals surface area contributed by atoms with E-state index >= 15 is 0 Å². The third-order valence-electron chi connectivity index (χ3n) is 4.96. The molecule has 1 fully saturated rings. The van der Waals surface area contributed by atoms with Gasteiger partial charge >= 0.3 is 12.2 Å². The van der Waals surface area contributed by atoms with E-state index in [0.717, 1.165) is 38.5 Å². The Kier molecular flexibility index (Phi) is 8.86. The van der Waals surface area contributed by atoms with Crippen LogP contribution in [-0.2, 0) is 14.3 Å². The Bertz CT molecular complexity index is 611. The zero-order chi connectivity index (χ0) is 22.3. The molecule has 1 aliphatic rings. The lowest BCUT2D eigenvalue weighted by molar-refractivity contribution is -0.241. The molecule has 168 valence electrons. The lowest BCUT2D eigenvalue weighted by atomic mass is 9.62. The standard InChI is InChI=1S/C20H35F2N3O4/c1-8-14(2)25-29-15(3)24-16-9-18(4,5)11-19(6,10-16)12-23-17(26)28-13-20(21,22)27-7/h16,24H,3,8-13H2,1-2,4-7H3,(H,23,26). The van der Waals surface area contributed by atoms with Gasteiger partial charge in [0.05, 0.1) is 5.71 Å². The predicted molar refractivity (Wildman–Crippen MR) is 108 cm³/mol. The lowest BCUT2D eigenvalue weighted by Crippen LogP contribution is -2.49. The van der Waals surface area contributed by atoms with E-state index in [9.17, 15) is 13.6 Å². The second kappa shape index (κ2) is 10.2. The van der Waals surface area contributed by atoms with Crippen LogP contribution in [0.4, 0.5) is 13.6 Å². The number of hydrogen-bond donors (Lipinski definition) is 2. The predicted octanol–water partition coefficient (Wildman–Crippen LogP) is 4.40. The number of ether oxygens (including phenoxy) is 2. The Hall–Kier alpha value is -1.90. The van der Waals surface area contributed by atoms with Crippen LogP contribution in [0.2, 0.25) is 0 Å². The fourth-order valence-corrected chi connectivity index (χ4v) is 3.87. The molecular formula is C20H35F2N3O4. The Balaban J connectivity index is 2.63. The van der Waals surface area contributed by atoms with E-state index < -0.39 is 18.8 Å². The maximum atomic E-state index is 13.0. The van der Waals surface area contributed by atoms with E-state index in [4.69, 9.17) is 4.84 Å². The molecule has 29 heavy (non-hydrogen) atoms. The number of carbonyl (C=O) groups is 1. The van der Waals surface area contributed by atoms with Gasteiger partial charge in [-0.1, -0.05) is 32.9 Å². The largest absolute Gasteiger partial charge is 0.440 e. The highest BCUT2D eigenvalue weighted by atomic mass is 19.3. The molecule has 0 aliphatic heterocycles. The Morgan fingerprint density at radius 1 is 1.31 bits per heavy atom. The van der Waals surface area contributed by atoms with Gasteiger partial charge < -0.3 is 24.9 Å². The molecule has 2 N–H and O–H groups in total. The van der Waals surface area contributed by atoms with E-state index in [2.05, 4.69) is 52.6 Å². The van der Waals surface area contributed by atoms with Gasteiger partial charge in [0.15, 0.2) is 6.61 Å². The van der Waals surface area contributed by atoms with Gasteiger partial charge in [-0.25, -0.2) is 4.79 Å². The molecule has 0 aromatic rings. The topological polar surface area (TPSA) is 81.2 Å². The number of carbonyl (C=O) groups excluding carboxylic acids is 1. The maximum absolute atomic E-state index is 13.0. The summed E-state index contributed by atoms with van der Waals surface area (Å²) in [4.78, 5) is 17.1. The average Bonchev–Trinajstić information content (AvgIpc) is 2.61. The number of amides is 1. The summed E-state index contributed by atoms with van der Waals surface area (Å²) in [5, 5.41) is 9.86. The first-order valence-electron chi connectivity index (χ1n) is 9.79. The SMILES string of the molecule is C=C(NC1CC(C)(C)CC(C)(CNC(=O)OCC(F)(F)OC)C1)ON=C(C)CC. The summed E-state index contributed by atoms with van der Waals surface area (Å²) >= 11 is 0. The first-order valence-corrected chi connectivity index (χ1v) is 9.79. The molecule has 0 aromatic carbocycles. The van der Waals surface area contributed by atoms with Crippen molar-refractivity contribution < 1.29 is 27.9 Å². The van der Waals surface area contributed by atoms with Gasteiger partial charge in [0.25, 0.3) is 0 Å². The van der Waals surface area contributed by atoms with E-state index in [1.165, 1.54) is 0 Å². The van der Waals surface area contributed by atoms with Crippen molar-refractivity contribution in [3.63, 3.8) is 0 Å². The monoisotopic (exact) mass is 419 g/mol. The quantitative estimate of drug-likeness (QED) is 0.312. The molecule has 2 unspecified atom stereocenters. The fraction of sp³-hybridized carbons (Fsp3) is 0.800. The highest BCUT2D eigenvalue weighted by Gasteiger charge is 2.42. The lowest BCUT2D eigenvalue weighted by Gasteiger charge is -2.47. The van der Waals surface area contributed by atoms with Crippen LogP contribution < -0.4 is 10.6 Å². The maximum Gasteiger partial charge on any atom is 0.407 e. The normalized spacial score (nSPS) is 24.6. The summed E-state index contributed by atoms with van der Waals surface area (Å²) in [6.07, 6.45) is -1.11. The van der Waals surface area contributed by atoms with Crippen LogP contribution in [0.15, 0.2) is 17.6 Å². The van der Waals surface area contributed by atoms with Crippen LogP contribution in [0.5, 0.6) is 0 Å². The van der Waals surface area contributed by atoms with Crippen LogP contribution in [0.25, 0.3) is 0 Å². The van der Waals surface area contributed by atoms with E-state index in [-0.39, 0.29) is 16.9 Å². The van der Waals surface area contributed by atoms with Gasteiger partial charge in [0.2, 0.25) is 5.88 Å². The molecule has 2 atom stereocenters. The minimum absolute atomic E-state index is 0.00220. The third-order valence-corrected chi connectivity index (χ3v) is 4.96. The average molecular weight is 420 g/mol. The van der Waals surface area contributed by atoms with Gasteiger partial charge in [0.1, 0.15) is 0 Å². The molecule has 1 amide bonds. The molecule has 1 rings (SSSR count). The second-order valence-corrected chi connectivity index (χ2v) is 8.87. The number of rotatable bonds is 10. The summed E-state index contributed by atoms with van der Waals surface area (Å²) < 4.78 is 34.6. The number of nitrogens with zero attached hydrogens (tertiary/aromatic N) is 1. The van der Waals surface area contributed by atoms with Crippen molar-refractivity contribution in [1.82, 2.24) is 10.6 Å². The van der Waals surface area contributed by atoms with Crippen molar-refractivity contribution in [2.45, 2.75) is 72.5 Å². The number of halogens is 2. The van der Waals surface area contributed by atoms with Crippen LogP contribution in [0.3, 0.4) is 0 Å². The van der Waals surface area contributed by atoms with Gasteiger partial charge in [-0.2, -0.15) is 8.78 Å². The Labute approximate surface area is 172 Å². The van der Waals surface area contributed by atoms with Gasteiger partial charge in [-0.3, -0.25) is 0 Å². The number of alkyl halides is 2. The van der Waals surface area contributed by atoms with E-state index in [1.807, 2.05) is 13.8 Å². The van der Waals surface area contributed by atoms with Crippen molar-refractivity contribution in [3.05, 3.63) is 12.5 Å². The highest BCUT2D eigenvalue weighted by Crippen LogP contribution is 2.46. The van der Waals surface area contributed by atoms with E-state index in [1.54, 1.807) is 0 Å². The van der Waals surface area contributed by atoms with Crippen molar-refractivity contribution in [3.8, 4) is 0 Å². The van der Waals surface area contributed by atoms with Crippen molar-refractivity contribution in [1.29, 1.82) is 0 Å². The molecule has 0 radical (unpaired) electrons. The van der Waals surface area contributed by atoms with Crippen LogP contribution in [0, 0.1) is 10.8 Å². The van der Waals surface area contributed by atoms with Crippen LogP contribution >= 0.6 is 0 Å². The molecule has 7 nitrogen and oxygen atoms in total. The molecule has 1 aliphatic carbocycles. The minimum atomic E-state index is -3.50. The Morgan fingerprint density at radius 2 is 1.97 bits per heavy atom. The molecule has 0 heterocycles. The second-order valence-electron chi connectivity index (χ2n) is 8.87. The summed E-state index contributed by atoms with van der Waals surface area (Å²) in [6.45, 7) is 13.3. The number of alkyl carbamates (subject to hydrolysis) is 1. The highest BCUT2D eigenvalue weighted by molar-refractivity contribution is 5.80. The Morgan fingerprint density at radius 3 is 2.55 bits per heavy atom. The molecular weight excluding hydrogens is 384 g/mol. The summed E-state index contributed by atoms with van der Waals surface area (Å²) in [7, 11) is 0.853. The van der Waals surface area contributed by atoms with Gasteiger partial charge in [0, 0.05) is 19.7 Å². The zero-order valence-electron chi connectivity index (χ0n) is 18.4. The van der Waals surface area contributed by atoms with Crippen molar-refractivity contribution in [2.75, 3.05) is 20.3 Å². The molecule has 0 aromatic heterocycles. The van der Waals surface area contributed by atoms with Crippen molar-refractivity contribution in [2.24, 2.45) is 16.0 Å². The first kappa shape index (κ1) is 25.1. The smallest absolute Gasteiger partial charge is 0.407 e. The molecule has 1 saturated carbocycles. The van der Waals surface area contributed by atoms with Crippen LogP contribution in [-0.4, -0.2) is 44.2 Å². The minimum Gasteiger partial charge on any atom is -0.440 e. The zero-order valence-corrected chi connectivity index (χ0v) is 18.4. The molecule has 0 bridgehead atoms. The number of hydrogen-bond acceptors (Lipinski definition) is 6. The molecule has 0 spiro atoms. The van der Waals surface area contributed by atoms with E-state index in [0.29, 0.717) is 12.4 Å². The third kappa shape index (κ3) is 9.43. The number of nitrogens with one attached hydrogen (secondary N) is 2. The summed E-state index contributed by atoms with van der Waals surface area (Å²) in [5.41, 5.74) is 0.608. The summed E-state index contributed by atoms with van der Waals surface area (Å²) in [6, 6.07) is 0.0732. The van der Waals surface area contributed by atoms with Crippen molar-refractivity contribution >= 4 is 11.8 Å². The summed E-state index contributed by atoms with van der Waals surface area (Å²) in [5.74, 6) is 0.372. The van der Waals surface area contributed by atoms with Gasteiger partial charge in [-0.15, -0.1) is 0 Å². The number of methoxy groups -OCH3 is 1. The van der Waals surface area contributed by atoms with Gasteiger partial charge in [-0.05, 0) is 50.0 Å². The fourth-order valence-electron chi connectivity index (χ4n) is 3.87. The molecule has 9 heteroatoms. The first-order chi connectivity index (χ1) is 13.3. The number of oxime groups is 1.